The second-order valence-electron chi connectivity index (χ2n) is 5.97. The van der Waals surface area contributed by atoms with Crippen molar-refractivity contribution in [2.45, 2.75) is 57.4 Å². The lowest BCUT2D eigenvalue weighted by atomic mass is 9.96. The quantitative estimate of drug-likeness (QED) is 0.656. The van der Waals surface area contributed by atoms with Crippen LogP contribution in [0.1, 0.15) is 56.8 Å². The average molecular weight is 325 g/mol. The first kappa shape index (κ1) is 15.2. The zero-order chi connectivity index (χ0) is 14.7. The van der Waals surface area contributed by atoms with E-state index in [1.807, 2.05) is 12.1 Å². The lowest BCUT2D eigenvalue weighted by molar-refractivity contribution is 0.371. The first-order chi connectivity index (χ1) is 10.3. The zero-order valence-electron chi connectivity index (χ0n) is 12.3. The molecule has 1 aliphatic rings. The van der Waals surface area contributed by atoms with Gasteiger partial charge in [0.05, 0.1) is 11.0 Å². The Morgan fingerprint density at radius 2 is 1.81 bits per heavy atom. The van der Waals surface area contributed by atoms with Gasteiger partial charge in [0.2, 0.25) is 0 Å². The molecule has 0 bridgehead atoms. The van der Waals surface area contributed by atoms with Gasteiger partial charge in [-0.1, -0.05) is 43.7 Å². The van der Waals surface area contributed by atoms with Gasteiger partial charge in [0, 0.05) is 23.4 Å². The van der Waals surface area contributed by atoms with Gasteiger partial charge in [-0.3, -0.25) is 0 Å². The van der Waals surface area contributed by atoms with Gasteiger partial charge in [0.15, 0.2) is 0 Å². The Morgan fingerprint density at radius 1 is 1.10 bits per heavy atom. The van der Waals surface area contributed by atoms with Crippen molar-refractivity contribution in [2.24, 2.45) is 0 Å². The van der Waals surface area contributed by atoms with Crippen molar-refractivity contribution in [3.05, 3.63) is 29.0 Å². The standard InChI is InChI=1S/C17H22Cl2N2/c18-11-10-17-20-15-12-13(19)8-9-16(15)21(17)14-6-4-2-1-3-5-7-14/h8-9,12,14H,1-7,10-11H2. The molecule has 21 heavy (non-hydrogen) atoms. The van der Waals surface area contributed by atoms with Crippen molar-refractivity contribution in [1.29, 1.82) is 0 Å². The Hall–Kier alpha value is -0.730. The Labute approximate surface area is 136 Å². The fourth-order valence-corrected chi connectivity index (χ4v) is 3.82. The molecule has 1 aliphatic carbocycles. The maximum absolute atomic E-state index is 6.12. The number of hydrogen-bond acceptors (Lipinski definition) is 1. The van der Waals surface area contributed by atoms with E-state index in [4.69, 9.17) is 28.2 Å². The van der Waals surface area contributed by atoms with Crippen LogP contribution in [0, 0.1) is 0 Å². The van der Waals surface area contributed by atoms with Crippen LogP contribution in [0.4, 0.5) is 0 Å². The Kier molecular flexibility index (Phi) is 5.07. The molecule has 114 valence electrons. The van der Waals surface area contributed by atoms with Crippen molar-refractivity contribution >= 4 is 34.2 Å². The largest absolute Gasteiger partial charge is 0.325 e. The lowest BCUT2D eigenvalue weighted by Gasteiger charge is -2.24. The molecule has 0 radical (unpaired) electrons. The molecular formula is C17H22Cl2N2. The van der Waals surface area contributed by atoms with Crippen LogP contribution in [-0.2, 0) is 6.42 Å². The number of benzene rings is 1. The van der Waals surface area contributed by atoms with Crippen LogP contribution in [0.3, 0.4) is 0 Å². The first-order valence-electron chi connectivity index (χ1n) is 8.02. The Morgan fingerprint density at radius 3 is 2.52 bits per heavy atom. The van der Waals surface area contributed by atoms with Crippen molar-refractivity contribution in [1.82, 2.24) is 9.55 Å². The van der Waals surface area contributed by atoms with Crippen LogP contribution in [-0.4, -0.2) is 15.4 Å². The number of imidazole rings is 1. The predicted octanol–water partition coefficient (Wildman–Crippen LogP) is 5.76. The van der Waals surface area contributed by atoms with Crippen LogP contribution in [0.15, 0.2) is 18.2 Å². The molecule has 1 heterocycles. The van der Waals surface area contributed by atoms with Crippen molar-refractivity contribution in [3.8, 4) is 0 Å². The number of alkyl halides is 1. The third-order valence-electron chi connectivity index (χ3n) is 4.48. The summed E-state index contributed by atoms with van der Waals surface area (Å²) in [5.41, 5.74) is 2.22. The summed E-state index contributed by atoms with van der Waals surface area (Å²) in [7, 11) is 0. The van der Waals surface area contributed by atoms with Crippen molar-refractivity contribution in [2.75, 3.05) is 5.88 Å². The van der Waals surface area contributed by atoms with Crippen LogP contribution < -0.4 is 0 Å². The topological polar surface area (TPSA) is 17.8 Å². The van der Waals surface area contributed by atoms with E-state index in [1.165, 1.54) is 50.5 Å². The summed E-state index contributed by atoms with van der Waals surface area (Å²) in [6.07, 6.45) is 10.1. The molecule has 2 nitrogen and oxygen atoms in total. The molecule has 0 atom stereocenters. The van der Waals surface area contributed by atoms with Gasteiger partial charge < -0.3 is 4.57 Å². The molecule has 0 saturated heterocycles. The predicted molar refractivity (Wildman–Crippen MR) is 90.5 cm³/mol. The number of halogens is 2. The van der Waals surface area contributed by atoms with Gasteiger partial charge >= 0.3 is 0 Å². The number of fused-ring (bicyclic) bond motifs is 1. The van der Waals surface area contributed by atoms with Crippen LogP contribution >= 0.6 is 23.2 Å². The maximum atomic E-state index is 6.12. The van der Waals surface area contributed by atoms with Crippen LogP contribution in [0.5, 0.6) is 0 Å². The van der Waals surface area contributed by atoms with E-state index in [1.54, 1.807) is 0 Å². The normalized spacial score (nSPS) is 17.8. The highest BCUT2D eigenvalue weighted by molar-refractivity contribution is 6.31. The van der Waals surface area contributed by atoms with Gasteiger partial charge in [-0.15, -0.1) is 11.6 Å². The minimum absolute atomic E-state index is 0.565. The summed E-state index contributed by atoms with van der Waals surface area (Å²) < 4.78 is 2.44. The highest BCUT2D eigenvalue weighted by Crippen LogP contribution is 2.32. The van der Waals surface area contributed by atoms with Gasteiger partial charge in [-0.2, -0.15) is 0 Å². The van der Waals surface area contributed by atoms with Crippen LogP contribution in [0.25, 0.3) is 11.0 Å². The fourth-order valence-electron chi connectivity index (χ4n) is 3.48. The molecule has 1 aromatic carbocycles. The molecule has 4 heteroatoms. The van der Waals surface area contributed by atoms with E-state index in [2.05, 4.69) is 10.6 Å². The first-order valence-corrected chi connectivity index (χ1v) is 8.93. The maximum Gasteiger partial charge on any atom is 0.111 e. The van der Waals surface area contributed by atoms with Gasteiger partial charge in [0.1, 0.15) is 5.82 Å². The Balaban J connectivity index is 2.02. The smallest absolute Gasteiger partial charge is 0.111 e. The number of nitrogens with zero attached hydrogens (tertiary/aromatic N) is 2. The number of aryl methyl sites for hydroxylation is 1. The molecule has 3 rings (SSSR count). The third kappa shape index (κ3) is 3.37. The fraction of sp³-hybridized carbons (Fsp3) is 0.588. The molecule has 2 aromatic rings. The van der Waals surface area contributed by atoms with E-state index in [0.29, 0.717) is 11.9 Å². The highest BCUT2D eigenvalue weighted by Gasteiger charge is 2.19. The molecule has 0 aliphatic heterocycles. The number of aromatic nitrogens is 2. The van der Waals surface area contributed by atoms with Crippen molar-refractivity contribution in [3.63, 3.8) is 0 Å². The molecule has 0 spiro atoms. The molecule has 1 saturated carbocycles. The summed E-state index contributed by atoms with van der Waals surface area (Å²) >= 11 is 12.1. The molecule has 1 aromatic heterocycles. The minimum atomic E-state index is 0.565. The SMILES string of the molecule is ClCCc1nc2cc(Cl)ccc2n1C1CCCCCCC1. The number of rotatable bonds is 3. The molecular weight excluding hydrogens is 303 g/mol. The van der Waals surface area contributed by atoms with Gasteiger partial charge in [0.25, 0.3) is 0 Å². The second kappa shape index (κ2) is 7.02. The van der Waals surface area contributed by atoms with E-state index >= 15 is 0 Å². The van der Waals surface area contributed by atoms with Gasteiger partial charge in [-0.05, 0) is 31.0 Å². The van der Waals surface area contributed by atoms with Gasteiger partial charge in [-0.25, -0.2) is 4.98 Å². The highest BCUT2D eigenvalue weighted by atomic mass is 35.5. The number of hydrogen-bond donors (Lipinski definition) is 0. The summed E-state index contributed by atoms with van der Waals surface area (Å²) in [6.45, 7) is 0. The molecule has 0 amide bonds. The summed E-state index contributed by atoms with van der Waals surface area (Å²) in [6, 6.07) is 6.61. The third-order valence-corrected chi connectivity index (χ3v) is 4.91. The van der Waals surface area contributed by atoms with E-state index in [-0.39, 0.29) is 0 Å². The molecule has 0 N–H and O–H groups in total. The van der Waals surface area contributed by atoms with E-state index in [9.17, 15) is 0 Å². The molecule has 0 unspecified atom stereocenters. The van der Waals surface area contributed by atoms with Crippen LogP contribution in [0.2, 0.25) is 5.02 Å². The summed E-state index contributed by atoms with van der Waals surface area (Å²) in [5.74, 6) is 1.73. The molecule has 1 fully saturated rings. The summed E-state index contributed by atoms with van der Waals surface area (Å²) in [4.78, 5) is 4.79. The zero-order valence-corrected chi connectivity index (χ0v) is 13.8. The average Bonchev–Trinajstić information content (AvgIpc) is 2.76. The van der Waals surface area contributed by atoms with E-state index in [0.717, 1.165) is 22.8 Å². The van der Waals surface area contributed by atoms with E-state index < -0.39 is 0 Å². The second-order valence-corrected chi connectivity index (χ2v) is 6.78. The Bertz CT molecular complexity index is 598. The minimum Gasteiger partial charge on any atom is -0.325 e. The summed E-state index contributed by atoms with van der Waals surface area (Å²) in [5, 5.41) is 0.752. The van der Waals surface area contributed by atoms with Crippen molar-refractivity contribution < 1.29 is 0 Å². The monoisotopic (exact) mass is 324 g/mol. The lowest BCUT2D eigenvalue weighted by Crippen LogP contribution is -2.14.